The molecule has 0 fully saturated rings. The molecule has 0 aliphatic carbocycles. The van der Waals surface area contributed by atoms with E-state index in [1.807, 2.05) is 32.0 Å². The summed E-state index contributed by atoms with van der Waals surface area (Å²) in [6, 6.07) is 5.71. The quantitative estimate of drug-likeness (QED) is 0.876. The number of furan rings is 2. The Labute approximate surface area is 109 Å². The number of rotatable bonds is 4. The van der Waals surface area contributed by atoms with Crippen LogP contribution in [0.25, 0.3) is 0 Å². The van der Waals surface area contributed by atoms with Crippen molar-refractivity contribution in [1.82, 2.24) is 0 Å². The molecular formula is C14H24N2O2. The number of hydrogen-bond donors (Lipinski definition) is 2. The van der Waals surface area contributed by atoms with Gasteiger partial charge in [-0.05, 0) is 43.3 Å². The highest BCUT2D eigenvalue weighted by Gasteiger charge is 1.89. The van der Waals surface area contributed by atoms with Gasteiger partial charge in [0.1, 0.15) is 5.76 Å². The van der Waals surface area contributed by atoms with Crippen LogP contribution >= 0.6 is 0 Å². The van der Waals surface area contributed by atoms with Crippen LogP contribution in [0.1, 0.15) is 25.2 Å². The molecule has 0 spiro atoms. The van der Waals surface area contributed by atoms with Gasteiger partial charge >= 0.3 is 0 Å². The SMILES string of the molecule is CC.NCCc1ccco1.NCCc1ccoc1. The Morgan fingerprint density at radius 2 is 1.72 bits per heavy atom. The molecule has 0 aliphatic heterocycles. The fourth-order valence-corrected chi connectivity index (χ4v) is 1.20. The Morgan fingerprint density at radius 1 is 1.00 bits per heavy atom. The van der Waals surface area contributed by atoms with Gasteiger partial charge in [0.15, 0.2) is 0 Å². The predicted octanol–water partition coefficient (Wildman–Crippen LogP) is 2.59. The van der Waals surface area contributed by atoms with Crippen LogP contribution in [-0.2, 0) is 12.8 Å². The van der Waals surface area contributed by atoms with Crippen molar-refractivity contribution in [2.24, 2.45) is 11.5 Å². The van der Waals surface area contributed by atoms with Crippen molar-refractivity contribution < 1.29 is 8.83 Å². The van der Waals surface area contributed by atoms with Crippen molar-refractivity contribution in [3.8, 4) is 0 Å². The first-order chi connectivity index (χ1) is 8.86. The first kappa shape index (κ1) is 16.5. The Kier molecular flexibility index (Phi) is 10.9. The molecule has 2 aromatic rings. The van der Waals surface area contributed by atoms with Crippen LogP contribution in [-0.4, -0.2) is 13.1 Å². The van der Waals surface area contributed by atoms with Crippen molar-refractivity contribution in [1.29, 1.82) is 0 Å². The molecule has 4 N–H and O–H groups in total. The maximum Gasteiger partial charge on any atom is 0.105 e. The van der Waals surface area contributed by atoms with E-state index >= 15 is 0 Å². The average Bonchev–Trinajstić information content (AvgIpc) is 3.07. The molecule has 2 heterocycles. The summed E-state index contributed by atoms with van der Waals surface area (Å²) >= 11 is 0. The second-order valence-electron chi connectivity index (χ2n) is 3.29. The third-order valence-corrected chi connectivity index (χ3v) is 1.98. The topological polar surface area (TPSA) is 78.3 Å². The minimum absolute atomic E-state index is 0.660. The van der Waals surface area contributed by atoms with Crippen molar-refractivity contribution in [2.75, 3.05) is 13.1 Å². The molecule has 0 saturated carbocycles. The minimum atomic E-state index is 0.660. The molecule has 0 aliphatic rings. The van der Waals surface area contributed by atoms with Crippen LogP contribution in [0.15, 0.2) is 45.8 Å². The molecule has 0 saturated heterocycles. The largest absolute Gasteiger partial charge is 0.472 e. The molecule has 18 heavy (non-hydrogen) atoms. The van der Waals surface area contributed by atoms with Gasteiger partial charge in [0.2, 0.25) is 0 Å². The van der Waals surface area contributed by atoms with Gasteiger partial charge in [-0.1, -0.05) is 13.8 Å². The van der Waals surface area contributed by atoms with E-state index < -0.39 is 0 Å². The standard InChI is InChI=1S/2C6H9NO.C2H6/c7-3-1-6-2-4-8-5-6;7-4-3-6-2-1-5-8-6;1-2/h2,4-5H,1,3,7H2;1-2,5H,3-4,7H2;1-2H3. The molecule has 4 nitrogen and oxygen atoms in total. The van der Waals surface area contributed by atoms with Crippen molar-refractivity contribution in [2.45, 2.75) is 26.7 Å². The molecule has 0 amide bonds. The summed E-state index contributed by atoms with van der Waals surface area (Å²) < 4.78 is 9.81. The molecule has 0 aromatic carbocycles. The summed E-state index contributed by atoms with van der Waals surface area (Å²) in [4.78, 5) is 0. The monoisotopic (exact) mass is 252 g/mol. The van der Waals surface area contributed by atoms with Gasteiger partial charge in [0.05, 0.1) is 18.8 Å². The fourth-order valence-electron chi connectivity index (χ4n) is 1.20. The van der Waals surface area contributed by atoms with E-state index in [1.165, 1.54) is 5.56 Å². The van der Waals surface area contributed by atoms with Gasteiger partial charge in [-0.15, -0.1) is 0 Å². The van der Waals surface area contributed by atoms with Gasteiger partial charge in [0.25, 0.3) is 0 Å². The highest BCUT2D eigenvalue weighted by molar-refractivity contribution is 5.05. The van der Waals surface area contributed by atoms with E-state index in [2.05, 4.69) is 0 Å². The highest BCUT2D eigenvalue weighted by Crippen LogP contribution is 1.98. The summed E-state index contributed by atoms with van der Waals surface area (Å²) in [6.45, 7) is 5.35. The highest BCUT2D eigenvalue weighted by atomic mass is 16.3. The van der Waals surface area contributed by atoms with Crippen molar-refractivity contribution >= 4 is 0 Å². The van der Waals surface area contributed by atoms with Crippen molar-refractivity contribution in [3.63, 3.8) is 0 Å². The molecular weight excluding hydrogens is 228 g/mol. The lowest BCUT2D eigenvalue weighted by atomic mass is 10.2. The van der Waals surface area contributed by atoms with E-state index in [0.717, 1.165) is 18.6 Å². The number of hydrogen-bond acceptors (Lipinski definition) is 4. The third kappa shape index (κ3) is 7.70. The Hall–Kier alpha value is -1.52. The minimum Gasteiger partial charge on any atom is -0.472 e. The van der Waals surface area contributed by atoms with Gasteiger partial charge in [0, 0.05) is 6.42 Å². The molecule has 0 unspecified atom stereocenters. The Bertz CT molecular complexity index is 306. The normalized spacial score (nSPS) is 8.89. The van der Waals surface area contributed by atoms with Gasteiger partial charge in [-0.2, -0.15) is 0 Å². The van der Waals surface area contributed by atoms with Crippen LogP contribution in [0, 0.1) is 0 Å². The van der Waals surface area contributed by atoms with Crippen molar-refractivity contribution in [3.05, 3.63) is 48.3 Å². The first-order valence-corrected chi connectivity index (χ1v) is 6.30. The second-order valence-corrected chi connectivity index (χ2v) is 3.29. The summed E-state index contributed by atoms with van der Waals surface area (Å²) in [5, 5.41) is 0. The van der Waals surface area contributed by atoms with Gasteiger partial charge < -0.3 is 20.3 Å². The summed E-state index contributed by atoms with van der Waals surface area (Å²) in [6.07, 6.45) is 6.78. The average molecular weight is 252 g/mol. The van der Waals surface area contributed by atoms with Crippen LogP contribution in [0.3, 0.4) is 0 Å². The lowest BCUT2D eigenvalue weighted by molar-refractivity contribution is 0.511. The molecule has 2 rings (SSSR count). The van der Waals surface area contributed by atoms with Crippen LogP contribution in [0.5, 0.6) is 0 Å². The van der Waals surface area contributed by atoms with Gasteiger partial charge in [-0.25, -0.2) is 0 Å². The molecule has 2 aromatic heterocycles. The maximum atomic E-state index is 5.28. The molecule has 102 valence electrons. The lowest BCUT2D eigenvalue weighted by Crippen LogP contribution is -2.01. The van der Waals surface area contributed by atoms with Crippen LogP contribution in [0.4, 0.5) is 0 Å². The zero-order chi connectivity index (χ0) is 13.6. The van der Waals surface area contributed by atoms with Crippen LogP contribution < -0.4 is 11.5 Å². The molecule has 0 bridgehead atoms. The maximum absolute atomic E-state index is 5.28. The van der Waals surface area contributed by atoms with E-state index in [4.69, 9.17) is 20.3 Å². The summed E-state index contributed by atoms with van der Waals surface area (Å²) in [5.41, 5.74) is 11.7. The van der Waals surface area contributed by atoms with E-state index in [-0.39, 0.29) is 0 Å². The summed E-state index contributed by atoms with van der Waals surface area (Å²) in [5.74, 6) is 0.965. The first-order valence-electron chi connectivity index (χ1n) is 6.30. The zero-order valence-corrected chi connectivity index (χ0v) is 11.3. The fraction of sp³-hybridized carbons (Fsp3) is 0.429. The Balaban J connectivity index is 0.000000283. The smallest absolute Gasteiger partial charge is 0.105 e. The van der Waals surface area contributed by atoms with E-state index in [1.54, 1.807) is 18.8 Å². The summed E-state index contributed by atoms with van der Waals surface area (Å²) in [7, 11) is 0. The third-order valence-electron chi connectivity index (χ3n) is 1.98. The zero-order valence-electron chi connectivity index (χ0n) is 11.3. The molecule has 0 atom stereocenters. The van der Waals surface area contributed by atoms with Crippen LogP contribution in [0.2, 0.25) is 0 Å². The lowest BCUT2D eigenvalue weighted by Gasteiger charge is -1.86. The van der Waals surface area contributed by atoms with E-state index in [9.17, 15) is 0 Å². The molecule has 0 radical (unpaired) electrons. The second kappa shape index (κ2) is 12.0. The Morgan fingerprint density at radius 3 is 2.17 bits per heavy atom. The van der Waals surface area contributed by atoms with E-state index in [0.29, 0.717) is 13.1 Å². The van der Waals surface area contributed by atoms with Gasteiger partial charge in [-0.3, -0.25) is 0 Å². The number of nitrogens with two attached hydrogens (primary N) is 2. The molecule has 4 heteroatoms. The predicted molar refractivity (Wildman–Crippen MR) is 74.3 cm³/mol.